The van der Waals surface area contributed by atoms with Gasteiger partial charge in [0.25, 0.3) is 5.69 Å². The molecule has 0 saturated heterocycles. The number of benzene rings is 4. The number of esters is 2. The summed E-state index contributed by atoms with van der Waals surface area (Å²) in [6, 6.07) is 19.6. The van der Waals surface area contributed by atoms with Crippen molar-refractivity contribution < 1.29 is 43.8 Å². The summed E-state index contributed by atoms with van der Waals surface area (Å²) in [6.07, 6.45) is 2.91. The van der Waals surface area contributed by atoms with E-state index in [0.717, 1.165) is 25.0 Å². The number of unbranched alkanes of at least 4 members (excludes halogenated alkanes) is 3. The minimum atomic E-state index is -1.25. The van der Waals surface area contributed by atoms with Crippen molar-refractivity contribution >= 4 is 29.2 Å². The Balaban J connectivity index is 2.03. The van der Waals surface area contributed by atoms with Crippen LogP contribution in [0.4, 0.5) is 5.69 Å². The van der Waals surface area contributed by atoms with E-state index in [1.807, 2.05) is 6.92 Å². The maximum atomic E-state index is 14.2. The van der Waals surface area contributed by atoms with Gasteiger partial charge in [-0.2, -0.15) is 0 Å². The molecule has 0 aromatic heterocycles. The molecule has 0 aliphatic carbocycles. The zero-order valence-electron chi connectivity index (χ0n) is 24.2. The van der Waals surface area contributed by atoms with Gasteiger partial charge in [-0.25, -0.2) is 9.59 Å². The molecule has 0 fully saturated rings. The summed E-state index contributed by atoms with van der Waals surface area (Å²) < 4.78 is 10.9. The van der Waals surface area contributed by atoms with Gasteiger partial charge in [-0.1, -0.05) is 86.8 Å². The van der Waals surface area contributed by atoms with Gasteiger partial charge in [0, 0.05) is 11.6 Å². The first-order valence-electron chi connectivity index (χ1n) is 14.1. The standard InChI is InChI=1S/C34H29NO10/c1-2-3-4-13-20-44-34(41)25-26(28(36)21-14-7-5-8-15-21)30(38)31(39)32(45-33(40)22-16-9-6-10-17-22)27(25)29(37)23-18-11-12-19-24(23)35(42)43/h5-12,14-19,38-39H,2-4,13,20H2,1H3. The zero-order chi connectivity index (χ0) is 32.5. The number of nitro groups is 1. The van der Waals surface area contributed by atoms with Gasteiger partial charge in [0.15, 0.2) is 17.3 Å². The summed E-state index contributed by atoms with van der Waals surface area (Å²) in [5.74, 6) is -7.90. The third-order valence-electron chi connectivity index (χ3n) is 6.88. The highest BCUT2D eigenvalue weighted by Crippen LogP contribution is 2.47. The lowest BCUT2D eigenvalue weighted by Crippen LogP contribution is -2.22. The van der Waals surface area contributed by atoms with Crippen LogP contribution in [0, 0.1) is 10.1 Å². The third kappa shape index (κ3) is 7.04. The van der Waals surface area contributed by atoms with Gasteiger partial charge in [0.1, 0.15) is 5.56 Å². The van der Waals surface area contributed by atoms with E-state index in [-0.39, 0.29) is 17.7 Å². The average molecular weight is 612 g/mol. The molecule has 0 aliphatic rings. The van der Waals surface area contributed by atoms with Crippen LogP contribution >= 0.6 is 0 Å². The van der Waals surface area contributed by atoms with Crippen molar-refractivity contribution in [1.82, 2.24) is 0 Å². The van der Waals surface area contributed by atoms with E-state index in [1.54, 1.807) is 12.1 Å². The van der Waals surface area contributed by atoms with Gasteiger partial charge in [-0.15, -0.1) is 0 Å². The fraction of sp³-hybridized carbons (Fsp3) is 0.176. The smallest absolute Gasteiger partial charge is 0.343 e. The summed E-state index contributed by atoms with van der Waals surface area (Å²) in [6.45, 7) is 1.86. The molecule has 0 amide bonds. The van der Waals surface area contributed by atoms with Crippen LogP contribution in [-0.2, 0) is 4.74 Å². The minimum absolute atomic E-state index is 0.0232. The van der Waals surface area contributed by atoms with Crippen molar-refractivity contribution in [3.05, 3.63) is 128 Å². The molecule has 0 unspecified atom stereocenters. The number of phenols is 2. The zero-order valence-corrected chi connectivity index (χ0v) is 24.2. The highest BCUT2D eigenvalue weighted by Gasteiger charge is 2.39. The normalized spacial score (nSPS) is 10.6. The van der Waals surface area contributed by atoms with Crippen LogP contribution in [0.15, 0.2) is 84.9 Å². The molecule has 4 rings (SSSR count). The number of aromatic hydroxyl groups is 2. The molecule has 0 radical (unpaired) electrons. The molecule has 0 saturated carbocycles. The molecule has 4 aromatic rings. The SMILES string of the molecule is CCCCCCOC(=O)c1c(C(=O)c2ccccc2)c(O)c(O)c(OC(=O)c2ccccc2)c1C(=O)c1ccccc1[N+](=O)[O-]. The lowest BCUT2D eigenvalue weighted by atomic mass is 9.88. The van der Waals surface area contributed by atoms with E-state index >= 15 is 0 Å². The summed E-state index contributed by atoms with van der Waals surface area (Å²) in [7, 11) is 0. The molecule has 0 aliphatic heterocycles. The van der Waals surface area contributed by atoms with Crippen LogP contribution in [0.3, 0.4) is 0 Å². The predicted octanol–water partition coefficient (Wildman–Crippen LogP) is 6.42. The van der Waals surface area contributed by atoms with Crippen molar-refractivity contribution in [2.45, 2.75) is 32.6 Å². The van der Waals surface area contributed by atoms with Gasteiger partial charge < -0.3 is 19.7 Å². The van der Waals surface area contributed by atoms with Crippen LogP contribution in [0.2, 0.25) is 0 Å². The summed E-state index contributed by atoms with van der Waals surface area (Å²) in [5, 5.41) is 34.2. The Bertz CT molecular complexity index is 1750. The highest BCUT2D eigenvalue weighted by molar-refractivity contribution is 6.24. The molecule has 0 spiro atoms. The molecule has 4 aromatic carbocycles. The van der Waals surface area contributed by atoms with Gasteiger partial charge in [-0.3, -0.25) is 19.7 Å². The summed E-state index contributed by atoms with van der Waals surface area (Å²) >= 11 is 0. The average Bonchev–Trinajstić information content (AvgIpc) is 3.06. The third-order valence-corrected chi connectivity index (χ3v) is 6.88. The first-order valence-corrected chi connectivity index (χ1v) is 14.1. The maximum absolute atomic E-state index is 14.2. The van der Waals surface area contributed by atoms with Crippen molar-refractivity contribution in [2.24, 2.45) is 0 Å². The van der Waals surface area contributed by atoms with E-state index in [9.17, 15) is 39.5 Å². The lowest BCUT2D eigenvalue weighted by Gasteiger charge is -2.20. The minimum Gasteiger partial charge on any atom is -0.504 e. The Morgan fingerprint density at radius 1 is 0.689 bits per heavy atom. The molecule has 2 N–H and O–H groups in total. The van der Waals surface area contributed by atoms with Gasteiger partial charge in [0.2, 0.25) is 11.5 Å². The first-order chi connectivity index (χ1) is 21.7. The Hall–Kier alpha value is -5.84. The van der Waals surface area contributed by atoms with Crippen LogP contribution in [0.25, 0.3) is 0 Å². The lowest BCUT2D eigenvalue weighted by molar-refractivity contribution is -0.385. The second kappa shape index (κ2) is 14.6. The van der Waals surface area contributed by atoms with E-state index in [4.69, 9.17) is 9.47 Å². The molecule has 11 heteroatoms. The molecule has 11 nitrogen and oxygen atoms in total. The number of phenolic OH excluding ortho intramolecular Hbond substituents is 2. The van der Waals surface area contributed by atoms with Gasteiger partial charge in [-0.05, 0) is 24.6 Å². The number of nitro benzene ring substituents is 1. The number of hydrogen-bond donors (Lipinski definition) is 2. The molecular formula is C34H29NO10. The van der Waals surface area contributed by atoms with E-state index < -0.39 is 73.6 Å². The Morgan fingerprint density at radius 2 is 1.29 bits per heavy atom. The van der Waals surface area contributed by atoms with Crippen molar-refractivity contribution in [2.75, 3.05) is 6.61 Å². The highest BCUT2D eigenvalue weighted by atomic mass is 16.6. The maximum Gasteiger partial charge on any atom is 0.343 e. The number of ether oxygens (including phenoxy) is 2. The number of ketones is 2. The van der Waals surface area contributed by atoms with E-state index in [0.29, 0.717) is 12.8 Å². The Morgan fingerprint density at radius 3 is 1.91 bits per heavy atom. The number of para-hydroxylation sites is 1. The first kappa shape index (κ1) is 32.1. The Kier molecular flexibility index (Phi) is 10.4. The van der Waals surface area contributed by atoms with Crippen molar-refractivity contribution in [3.8, 4) is 17.2 Å². The number of carbonyl (C=O) groups excluding carboxylic acids is 4. The second-order valence-corrected chi connectivity index (χ2v) is 9.90. The van der Waals surface area contributed by atoms with Crippen LogP contribution < -0.4 is 4.74 Å². The van der Waals surface area contributed by atoms with Crippen LogP contribution in [0.5, 0.6) is 17.2 Å². The summed E-state index contributed by atoms with van der Waals surface area (Å²) in [5.41, 5.74) is -3.76. The van der Waals surface area contributed by atoms with E-state index in [2.05, 4.69) is 0 Å². The molecule has 0 bridgehead atoms. The largest absolute Gasteiger partial charge is 0.504 e. The van der Waals surface area contributed by atoms with Crippen molar-refractivity contribution in [3.63, 3.8) is 0 Å². The van der Waals surface area contributed by atoms with Crippen LogP contribution in [0.1, 0.15) is 85.2 Å². The molecular weight excluding hydrogens is 582 g/mol. The predicted molar refractivity (Wildman–Crippen MR) is 162 cm³/mol. The van der Waals surface area contributed by atoms with Crippen LogP contribution in [-0.4, -0.2) is 45.2 Å². The number of hydrogen-bond acceptors (Lipinski definition) is 10. The number of rotatable bonds is 13. The second-order valence-electron chi connectivity index (χ2n) is 9.90. The molecule has 0 atom stereocenters. The number of nitrogens with zero attached hydrogens (tertiary/aromatic N) is 1. The van der Waals surface area contributed by atoms with E-state index in [1.165, 1.54) is 60.7 Å². The fourth-order valence-corrected chi connectivity index (χ4v) is 4.63. The topological polar surface area (TPSA) is 170 Å². The fourth-order valence-electron chi connectivity index (χ4n) is 4.63. The molecule has 0 heterocycles. The van der Waals surface area contributed by atoms with Gasteiger partial charge in [0.05, 0.1) is 33.8 Å². The van der Waals surface area contributed by atoms with Crippen molar-refractivity contribution in [1.29, 1.82) is 0 Å². The molecule has 45 heavy (non-hydrogen) atoms. The van der Waals surface area contributed by atoms with Gasteiger partial charge >= 0.3 is 11.9 Å². The monoisotopic (exact) mass is 611 g/mol. The number of carbonyl (C=O) groups is 4. The molecule has 230 valence electrons. The quantitative estimate of drug-likeness (QED) is 0.0327. The Labute approximate surface area is 257 Å². The summed E-state index contributed by atoms with van der Waals surface area (Å²) in [4.78, 5) is 66.0.